The first-order valence-electron chi connectivity index (χ1n) is 5.33. The van der Waals surface area contributed by atoms with Crippen LogP contribution in [0.1, 0.15) is 20.3 Å². The average molecular weight is 219 g/mol. The molecule has 0 atom stereocenters. The molecule has 0 bridgehead atoms. The summed E-state index contributed by atoms with van der Waals surface area (Å²) in [5.41, 5.74) is 0. The molecule has 1 N–H and O–H groups in total. The monoisotopic (exact) mass is 219 g/mol. The van der Waals surface area contributed by atoms with Crippen LogP contribution in [0.25, 0.3) is 0 Å². The zero-order valence-electron chi connectivity index (χ0n) is 9.94. The summed E-state index contributed by atoms with van der Waals surface area (Å²) in [6, 6.07) is 1.77. The Morgan fingerprint density at radius 1 is 1.50 bits per heavy atom. The van der Waals surface area contributed by atoms with Gasteiger partial charge in [-0.15, -0.1) is 0 Å². The molecule has 0 fully saturated rings. The summed E-state index contributed by atoms with van der Waals surface area (Å²) in [6.45, 7) is 5.23. The molecule has 0 aromatic carbocycles. The molecule has 0 saturated carbocycles. The Kier molecular flexibility index (Phi) is 4.52. The van der Waals surface area contributed by atoms with Crippen LogP contribution in [0.3, 0.4) is 0 Å². The van der Waals surface area contributed by atoms with Gasteiger partial charge in [0.1, 0.15) is 18.0 Å². The van der Waals surface area contributed by atoms with E-state index in [0.717, 1.165) is 18.8 Å². The molecule has 0 aliphatic rings. The molecule has 16 heavy (non-hydrogen) atoms. The largest absolute Gasteiger partial charge is 0.370 e. The lowest BCUT2D eigenvalue weighted by atomic mass is 10.1. The molecule has 0 aliphatic heterocycles. The minimum Gasteiger partial charge on any atom is -0.370 e. The second-order valence-electron chi connectivity index (χ2n) is 4.03. The molecule has 86 valence electrons. The van der Waals surface area contributed by atoms with Gasteiger partial charge in [0.05, 0.1) is 0 Å². The summed E-state index contributed by atoms with van der Waals surface area (Å²) < 4.78 is 0. The van der Waals surface area contributed by atoms with E-state index in [-0.39, 0.29) is 0 Å². The molecule has 0 spiro atoms. The average Bonchev–Trinajstić information content (AvgIpc) is 2.28. The predicted octanol–water partition coefficient (Wildman–Crippen LogP) is 1.85. The normalized spacial score (nSPS) is 9.94. The molecule has 5 heteroatoms. The number of anilines is 2. The number of hydrogen-bond donors (Lipinski definition) is 1. The predicted molar refractivity (Wildman–Crippen MR) is 64.0 cm³/mol. The first-order chi connectivity index (χ1) is 7.63. The minimum atomic E-state index is 0.601. The highest BCUT2D eigenvalue weighted by atomic mass is 15.2. The van der Waals surface area contributed by atoms with E-state index in [0.29, 0.717) is 11.7 Å². The van der Waals surface area contributed by atoms with Crippen LogP contribution in [-0.4, -0.2) is 23.6 Å². The van der Waals surface area contributed by atoms with Crippen molar-refractivity contribution in [1.29, 1.82) is 5.26 Å². The molecule has 1 aromatic rings. The van der Waals surface area contributed by atoms with Gasteiger partial charge < -0.3 is 5.32 Å². The molecule has 1 rings (SSSR count). The van der Waals surface area contributed by atoms with Crippen LogP contribution in [-0.2, 0) is 0 Å². The molecule has 0 aliphatic carbocycles. The molecule has 0 saturated heterocycles. The third-order valence-electron chi connectivity index (χ3n) is 2.17. The van der Waals surface area contributed by atoms with Crippen molar-refractivity contribution in [2.24, 2.45) is 5.92 Å². The van der Waals surface area contributed by atoms with Crippen molar-refractivity contribution in [3.05, 3.63) is 12.4 Å². The van der Waals surface area contributed by atoms with E-state index in [1.165, 1.54) is 11.2 Å². The van der Waals surface area contributed by atoms with Gasteiger partial charge in [0.25, 0.3) is 0 Å². The van der Waals surface area contributed by atoms with E-state index in [9.17, 15) is 0 Å². The molecule has 5 nitrogen and oxygen atoms in total. The number of hydrogen-bond acceptors (Lipinski definition) is 5. The van der Waals surface area contributed by atoms with E-state index in [1.807, 2.05) is 6.19 Å². The topological polar surface area (TPSA) is 64.8 Å². The van der Waals surface area contributed by atoms with Crippen LogP contribution < -0.4 is 10.2 Å². The first-order valence-corrected chi connectivity index (χ1v) is 5.33. The summed E-state index contributed by atoms with van der Waals surface area (Å²) in [5, 5.41) is 11.9. The Bertz CT molecular complexity index is 369. The van der Waals surface area contributed by atoms with Gasteiger partial charge in [-0.1, -0.05) is 13.8 Å². The molecule has 0 unspecified atom stereocenters. The number of nitriles is 1. The maximum atomic E-state index is 8.72. The summed E-state index contributed by atoms with van der Waals surface area (Å²) in [4.78, 5) is 9.50. The fourth-order valence-electron chi connectivity index (χ4n) is 1.17. The minimum absolute atomic E-state index is 0.601. The highest BCUT2D eigenvalue weighted by Crippen LogP contribution is 2.12. The molecular weight excluding hydrogens is 202 g/mol. The third kappa shape index (κ3) is 3.73. The van der Waals surface area contributed by atoms with Crippen molar-refractivity contribution in [2.75, 3.05) is 23.8 Å². The van der Waals surface area contributed by atoms with E-state index in [1.54, 1.807) is 13.1 Å². The van der Waals surface area contributed by atoms with Gasteiger partial charge in [-0.3, -0.25) is 4.90 Å². The Morgan fingerprint density at radius 3 is 2.88 bits per heavy atom. The summed E-state index contributed by atoms with van der Waals surface area (Å²) in [6.07, 6.45) is 4.55. The van der Waals surface area contributed by atoms with Gasteiger partial charge in [0.15, 0.2) is 6.19 Å². The molecule has 0 amide bonds. The molecule has 0 radical (unpaired) electrons. The van der Waals surface area contributed by atoms with Crippen molar-refractivity contribution in [2.45, 2.75) is 20.3 Å². The van der Waals surface area contributed by atoms with E-state index >= 15 is 0 Å². The van der Waals surface area contributed by atoms with Crippen LogP contribution in [0, 0.1) is 17.4 Å². The highest BCUT2D eigenvalue weighted by molar-refractivity contribution is 5.50. The van der Waals surface area contributed by atoms with E-state index < -0.39 is 0 Å². The van der Waals surface area contributed by atoms with Crippen molar-refractivity contribution < 1.29 is 0 Å². The number of rotatable bonds is 5. The smallest absolute Gasteiger partial charge is 0.185 e. The second-order valence-corrected chi connectivity index (χ2v) is 4.03. The van der Waals surface area contributed by atoms with Crippen LogP contribution in [0.2, 0.25) is 0 Å². The van der Waals surface area contributed by atoms with Gasteiger partial charge in [0.2, 0.25) is 0 Å². The van der Waals surface area contributed by atoms with Gasteiger partial charge in [-0.2, -0.15) is 5.26 Å². The zero-order valence-corrected chi connectivity index (χ0v) is 9.94. The number of nitrogens with zero attached hydrogens (tertiary/aromatic N) is 4. The lowest BCUT2D eigenvalue weighted by molar-refractivity contribution is 0.606. The van der Waals surface area contributed by atoms with E-state index in [2.05, 4.69) is 29.1 Å². The molecule has 1 heterocycles. The third-order valence-corrected chi connectivity index (χ3v) is 2.17. The Balaban J connectivity index is 2.58. The van der Waals surface area contributed by atoms with Crippen LogP contribution in [0.15, 0.2) is 12.4 Å². The molecular formula is C11H17N5. The van der Waals surface area contributed by atoms with Gasteiger partial charge in [0, 0.05) is 19.7 Å². The van der Waals surface area contributed by atoms with Crippen LogP contribution >= 0.6 is 0 Å². The first kappa shape index (κ1) is 12.2. The van der Waals surface area contributed by atoms with Crippen LogP contribution in [0.5, 0.6) is 0 Å². The maximum Gasteiger partial charge on any atom is 0.185 e. The number of nitrogens with one attached hydrogen (secondary N) is 1. The summed E-state index contributed by atoms with van der Waals surface area (Å²) >= 11 is 0. The van der Waals surface area contributed by atoms with Gasteiger partial charge >= 0.3 is 0 Å². The summed E-state index contributed by atoms with van der Waals surface area (Å²) in [7, 11) is 1.67. The Morgan fingerprint density at radius 2 is 2.25 bits per heavy atom. The fourth-order valence-corrected chi connectivity index (χ4v) is 1.17. The Labute approximate surface area is 96.1 Å². The van der Waals surface area contributed by atoms with Crippen molar-refractivity contribution in [3.8, 4) is 6.19 Å². The highest BCUT2D eigenvalue weighted by Gasteiger charge is 2.02. The standard InChI is InChI=1S/C11H17N5/c1-9(2)4-5-13-10-6-11(15-8-14-10)16(3)7-12/h6,8-9H,4-5H2,1-3H3,(H,13,14,15). The summed E-state index contributed by atoms with van der Waals surface area (Å²) in [5.74, 6) is 2.02. The lowest BCUT2D eigenvalue weighted by Crippen LogP contribution is -2.12. The molecule has 1 aromatic heterocycles. The quantitative estimate of drug-likeness (QED) is 0.604. The van der Waals surface area contributed by atoms with Gasteiger partial charge in [-0.05, 0) is 12.3 Å². The lowest BCUT2D eigenvalue weighted by Gasteiger charge is -2.10. The number of aromatic nitrogens is 2. The van der Waals surface area contributed by atoms with Crippen molar-refractivity contribution >= 4 is 11.6 Å². The van der Waals surface area contributed by atoms with Crippen molar-refractivity contribution in [1.82, 2.24) is 9.97 Å². The zero-order chi connectivity index (χ0) is 12.0. The maximum absolute atomic E-state index is 8.72. The second kappa shape index (κ2) is 5.91. The SMILES string of the molecule is CC(C)CCNc1cc(N(C)C#N)ncn1. The van der Waals surface area contributed by atoms with E-state index in [4.69, 9.17) is 5.26 Å². The van der Waals surface area contributed by atoms with Crippen LogP contribution in [0.4, 0.5) is 11.6 Å². The van der Waals surface area contributed by atoms with Crippen molar-refractivity contribution in [3.63, 3.8) is 0 Å². The van der Waals surface area contributed by atoms with Gasteiger partial charge in [-0.25, -0.2) is 9.97 Å². The Hall–Kier alpha value is -1.83. The fraction of sp³-hybridized carbons (Fsp3) is 0.545.